The van der Waals surface area contributed by atoms with E-state index in [1.165, 1.54) is 12.1 Å². The summed E-state index contributed by atoms with van der Waals surface area (Å²) in [4.78, 5) is 0. The van der Waals surface area contributed by atoms with Crippen LogP contribution in [-0.4, -0.2) is 6.54 Å². The molecule has 3 heteroatoms. The highest BCUT2D eigenvalue weighted by Gasteiger charge is 2.04. The van der Waals surface area contributed by atoms with Crippen LogP contribution >= 0.6 is 0 Å². The van der Waals surface area contributed by atoms with E-state index in [2.05, 4.69) is 12.2 Å². The topological polar surface area (TPSA) is 35.8 Å². The molecule has 0 aromatic heterocycles. The monoisotopic (exact) mass is 268 g/mol. The third kappa shape index (κ3) is 3.66. The van der Waals surface area contributed by atoms with E-state index in [9.17, 15) is 4.39 Å². The lowest BCUT2D eigenvalue weighted by atomic mass is 10.0. The van der Waals surface area contributed by atoms with E-state index in [0.29, 0.717) is 5.56 Å². The van der Waals surface area contributed by atoms with Crippen molar-refractivity contribution in [2.45, 2.75) is 19.9 Å². The first kappa shape index (κ1) is 14.2. The number of hydrogen-bond donors (Lipinski definition) is 1. The molecule has 0 heterocycles. The standard InChI is InChI=1S/C17H17FN2/c1-2-6-20-12-13-4-3-5-15(7-13)16-8-14(11-19)9-17(18)10-16/h3-5,7-10,20H,2,6,12H2,1H3. The molecule has 2 aromatic carbocycles. The van der Waals surface area contributed by atoms with Crippen molar-refractivity contribution in [3.8, 4) is 17.2 Å². The molecule has 0 saturated heterocycles. The van der Waals surface area contributed by atoms with E-state index >= 15 is 0 Å². The fourth-order valence-electron chi connectivity index (χ4n) is 2.09. The predicted octanol–water partition coefficient (Wildman–Crippen LogP) is 3.86. The van der Waals surface area contributed by atoms with Gasteiger partial charge in [0, 0.05) is 6.54 Å². The molecule has 0 aliphatic heterocycles. The molecule has 0 aliphatic rings. The van der Waals surface area contributed by atoms with Gasteiger partial charge in [-0.2, -0.15) is 5.26 Å². The highest BCUT2D eigenvalue weighted by atomic mass is 19.1. The van der Waals surface area contributed by atoms with Gasteiger partial charge in [0.1, 0.15) is 5.82 Å². The molecule has 20 heavy (non-hydrogen) atoms. The lowest BCUT2D eigenvalue weighted by Crippen LogP contribution is -2.13. The third-order valence-electron chi connectivity index (χ3n) is 3.04. The largest absolute Gasteiger partial charge is 0.313 e. The third-order valence-corrected chi connectivity index (χ3v) is 3.04. The highest BCUT2D eigenvalue weighted by molar-refractivity contribution is 5.66. The molecule has 0 unspecified atom stereocenters. The van der Waals surface area contributed by atoms with Gasteiger partial charge in [-0.3, -0.25) is 0 Å². The minimum Gasteiger partial charge on any atom is -0.313 e. The van der Waals surface area contributed by atoms with Crippen LogP contribution in [0.5, 0.6) is 0 Å². The summed E-state index contributed by atoms with van der Waals surface area (Å²) >= 11 is 0. The van der Waals surface area contributed by atoms with Crippen LogP contribution < -0.4 is 5.32 Å². The zero-order chi connectivity index (χ0) is 14.4. The van der Waals surface area contributed by atoms with Crippen molar-refractivity contribution in [3.05, 3.63) is 59.4 Å². The Balaban J connectivity index is 2.26. The smallest absolute Gasteiger partial charge is 0.125 e. The van der Waals surface area contributed by atoms with Gasteiger partial charge in [-0.1, -0.05) is 25.1 Å². The Morgan fingerprint density at radius 1 is 1.15 bits per heavy atom. The molecule has 0 aliphatic carbocycles. The molecular formula is C17H17FN2. The van der Waals surface area contributed by atoms with E-state index in [1.54, 1.807) is 6.07 Å². The summed E-state index contributed by atoms with van der Waals surface area (Å²) in [5.74, 6) is -0.381. The van der Waals surface area contributed by atoms with E-state index in [-0.39, 0.29) is 5.82 Å². The number of benzene rings is 2. The average molecular weight is 268 g/mol. The molecule has 0 atom stereocenters. The van der Waals surface area contributed by atoms with Crippen molar-refractivity contribution >= 4 is 0 Å². The SMILES string of the molecule is CCCNCc1cccc(-c2cc(F)cc(C#N)c2)c1. The molecule has 0 amide bonds. The summed E-state index contributed by atoms with van der Waals surface area (Å²) < 4.78 is 13.5. The van der Waals surface area contributed by atoms with Crippen molar-refractivity contribution in [2.24, 2.45) is 0 Å². The van der Waals surface area contributed by atoms with Crippen LogP contribution in [-0.2, 0) is 6.54 Å². The molecule has 0 saturated carbocycles. The molecule has 0 fully saturated rings. The summed E-state index contributed by atoms with van der Waals surface area (Å²) in [5, 5.41) is 12.2. The van der Waals surface area contributed by atoms with Gasteiger partial charge in [-0.25, -0.2) is 4.39 Å². The second-order valence-electron chi connectivity index (χ2n) is 4.72. The Hall–Kier alpha value is -2.18. The fraction of sp³-hybridized carbons (Fsp3) is 0.235. The Labute approximate surface area is 118 Å². The van der Waals surface area contributed by atoms with E-state index in [4.69, 9.17) is 5.26 Å². The van der Waals surface area contributed by atoms with Gasteiger partial charge in [0.2, 0.25) is 0 Å². The predicted molar refractivity (Wildman–Crippen MR) is 78.5 cm³/mol. The molecule has 102 valence electrons. The fourth-order valence-corrected chi connectivity index (χ4v) is 2.09. The number of nitrogens with one attached hydrogen (secondary N) is 1. The summed E-state index contributed by atoms with van der Waals surface area (Å²) in [6.45, 7) is 3.89. The Morgan fingerprint density at radius 2 is 2.00 bits per heavy atom. The van der Waals surface area contributed by atoms with Crippen molar-refractivity contribution in [3.63, 3.8) is 0 Å². The molecular weight excluding hydrogens is 251 g/mol. The number of nitriles is 1. The number of nitrogens with zero attached hydrogens (tertiary/aromatic N) is 1. The first-order chi connectivity index (χ1) is 9.72. The quantitative estimate of drug-likeness (QED) is 0.836. The Bertz CT molecular complexity index is 629. The second-order valence-corrected chi connectivity index (χ2v) is 4.72. The first-order valence-corrected chi connectivity index (χ1v) is 6.73. The molecule has 0 bridgehead atoms. The average Bonchev–Trinajstić information content (AvgIpc) is 2.47. The summed E-state index contributed by atoms with van der Waals surface area (Å²) in [6.07, 6.45) is 1.09. The molecule has 2 nitrogen and oxygen atoms in total. The molecule has 0 radical (unpaired) electrons. The van der Waals surface area contributed by atoms with Gasteiger partial charge in [-0.05, 0) is 53.9 Å². The Morgan fingerprint density at radius 3 is 2.75 bits per heavy atom. The Kier molecular flexibility index (Phi) is 4.86. The maximum absolute atomic E-state index is 13.5. The van der Waals surface area contributed by atoms with Crippen molar-refractivity contribution < 1.29 is 4.39 Å². The zero-order valence-corrected chi connectivity index (χ0v) is 11.5. The lowest BCUT2D eigenvalue weighted by Gasteiger charge is -2.07. The van der Waals surface area contributed by atoms with Gasteiger partial charge < -0.3 is 5.32 Å². The van der Waals surface area contributed by atoms with Crippen LogP contribution in [0.2, 0.25) is 0 Å². The number of rotatable bonds is 5. The van der Waals surface area contributed by atoms with Gasteiger partial charge in [0.25, 0.3) is 0 Å². The number of halogens is 1. The summed E-state index contributed by atoms with van der Waals surface area (Å²) in [7, 11) is 0. The maximum atomic E-state index is 13.5. The minimum atomic E-state index is -0.381. The first-order valence-electron chi connectivity index (χ1n) is 6.73. The zero-order valence-electron chi connectivity index (χ0n) is 11.5. The van der Waals surface area contributed by atoms with Crippen LogP contribution in [0.25, 0.3) is 11.1 Å². The van der Waals surface area contributed by atoms with Crippen molar-refractivity contribution in [1.82, 2.24) is 5.32 Å². The van der Waals surface area contributed by atoms with Gasteiger partial charge in [0.15, 0.2) is 0 Å². The second kappa shape index (κ2) is 6.83. The maximum Gasteiger partial charge on any atom is 0.125 e. The van der Waals surface area contributed by atoms with Crippen molar-refractivity contribution in [1.29, 1.82) is 5.26 Å². The normalized spacial score (nSPS) is 10.2. The van der Waals surface area contributed by atoms with Gasteiger partial charge >= 0.3 is 0 Å². The van der Waals surface area contributed by atoms with Crippen LogP contribution in [0.4, 0.5) is 4.39 Å². The number of hydrogen-bond acceptors (Lipinski definition) is 2. The van der Waals surface area contributed by atoms with E-state index in [1.807, 2.05) is 30.3 Å². The van der Waals surface area contributed by atoms with Crippen molar-refractivity contribution in [2.75, 3.05) is 6.54 Å². The molecule has 0 spiro atoms. The van der Waals surface area contributed by atoms with Crippen LogP contribution in [0.1, 0.15) is 24.5 Å². The van der Waals surface area contributed by atoms with E-state index in [0.717, 1.165) is 36.2 Å². The molecule has 1 N–H and O–H groups in total. The van der Waals surface area contributed by atoms with Crippen LogP contribution in [0.15, 0.2) is 42.5 Å². The van der Waals surface area contributed by atoms with Gasteiger partial charge in [0.05, 0.1) is 11.6 Å². The highest BCUT2D eigenvalue weighted by Crippen LogP contribution is 2.23. The van der Waals surface area contributed by atoms with Gasteiger partial charge in [-0.15, -0.1) is 0 Å². The summed E-state index contributed by atoms with van der Waals surface area (Å²) in [6, 6.07) is 14.3. The van der Waals surface area contributed by atoms with E-state index < -0.39 is 0 Å². The van der Waals surface area contributed by atoms with Crippen LogP contribution in [0.3, 0.4) is 0 Å². The summed E-state index contributed by atoms with van der Waals surface area (Å²) in [5.41, 5.74) is 3.16. The molecule has 2 aromatic rings. The van der Waals surface area contributed by atoms with Crippen LogP contribution in [0, 0.1) is 17.1 Å². The minimum absolute atomic E-state index is 0.342. The molecule has 2 rings (SSSR count). The lowest BCUT2D eigenvalue weighted by molar-refractivity contribution is 0.628.